The van der Waals surface area contributed by atoms with Crippen molar-refractivity contribution in [2.75, 3.05) is 0 Å². The maximum atomic E-state index is 14.2. The Morgan fingerprint density at radius 1 is 1.14 bits per heavy atom. The molecule has 29 heavy (non-hydrogen) atoms. The minimum atomic E-state index is -0.707. The van der Waals surface area contributed by atoms with Crippen molar-refractivity contribution in [1.82, 2.24) is 10.2 Å². The van der Waals surface area contributed by atoms with Gasteiger partial charge in [-0.3, -0.25) is 9.59 Å². The van der Waals surface area contributed by atoms with E-state index in [4.69, 9.17) is 11.6 Å². The molecule has 2 amide bonds. The summed E-state index contributed by atoms with van der Waals surface area (Å²) in [6.07, 6.45) is 0.577. The zero-order chi connectivity index (χ0) is 21.6. The van der Waals surface area contributed by atoms with Gasteiger partial charge in [0.25, 0.3) is 0 Å². The Labute approximate surface area is 177 Å². The summed E-state index contributed by atoms with van der Waals surface area (Å²) in [6, 6.07) is 11.3. The van der Waals surface area contributed by atoms with Crippen LogP contribution < -0.4 is 5.32 Å². The van der Waals surface area contributed by atoms with Crippen LogP contribution in [-0.4, -0.2) is 28.8 Å². The molecule has 2 rings (SSSR count). The lowest BCUT2D eigenvalue weighted by atomic mass is 10.1. The molecule has 0 saturated heterocycles. The molecule has 0 saturated carbocycles. The molecular weight excluding hydrogens is 391 g/mol. The summed E-state index contributed by atoms with van der Waals surface area (Å²) in [6.45, 7) is 7.79. The number of hydrogen-bond donors (Lipinski definition) is 1. The number of carbonyl (C=O) groups is 2. The highest BCUT2D eigenvalue weighted by Crippen LogP contribution is 2.22. The molecule has 0 aliphatic rings. The van der Waals surface area contributed by atoms with Gasteiger partial charge in [-0.15, -0.1) is 0 Å². The van der Waals surface area contributed by atoms with Gasteiger partial charge in [0.05, 0.1) is 6.42 Å². The smallest absolute Gasteiger partial charge is 0.242 e. The third-order valence-corrected chi connectivity index (χ3v) is 5.51. The number of benzene rings is 2. The largest absolute Gasteiger partial charge is 0.352 e. The van der Waals surface area contributed by atoms with Crippen LogP contribution in [0.5, 0.6) is 0 Å². The van der Waals surface area contributed by atoms with Crippen molar-refractivity contribution in [3.8, 4) is 0 Å². The second-order valence-electron chi connectivity index (χ2n) is 7.32. The fourth-order valence-electron chi connectivity index (χ4n) is 2.97. The van der Waals surface area contributed by atoms with Gasteiger partial charge in [-0.1, -0.05) is 48.9 Å². The summed E-state index contributed by atoms with van der Waals surface area (Å²) in [5.41, 5.74) is 2.09. The fourth-order valence-corrected chi connectivity index (χ4v) is 3.20. The topological polar surface area (TPSA) is 49.4 Å². The van der Waals surface area contributed by atoms with Crippen molar-refractivity contribution in [2.45, 2.75) is 59.2 Å². The average Bonchev–Trinajstić information content (AvgIpc) is 2.69. The molecule has 0 fully saturated rings. The maximum Gasteiger partial charge on any atom is 0.242 e. The number of nitrogens with one attached hydrogen (secondary N) is 1. The molecule has 4 nitrogen and oxygen atoms in total. The summed E-state index contributed by atoms with van der Waals surface area (Å²) in [5.74, 6) is -1.12. The number of carbonyl (C=O) groups excluding carboxylic acids is 2. The van der Waals surface area contributed by atoms with Gasteiger partial charge in [-0.05, 0) is 50.5 Å². The summed E-state index contributed by atoms with van der Waals surface area (Å²) in [5, 5.41) is 3.12. The Morgan fingerprint density at radius 3 is 2.45 bits per heavy atom. The van der Waals surface area contributed by atoms with E-state index >= 15 is 0 Å². The third-order valence-electron chi connectivity index (χ3n) is 5.16. The molecule has 0 aliphatic heterocycles. The Kier molecular flexibility index (Phi) is 8.21. The van der Waals surface area contributed by atoms with Crippen LogP contribution in [0.3, 0.4) is 0 Å². The van der Waals surface area contributed by atoms with Crippen LogP contribution in [0.4, 0.5) is 4.39 Å². The van der Waals surface area contributed by atoms with Gasteiger partial charge in [-0.25, -0.2) is 4.39 Å². The number of nitrogens with zero attached hydrogens (tertiary/aromatic N) is 1. The van der Waals surface area contributed by atoms with Crippen molar-refractivity contribution in [3.63, 3.8) is 0 Å². The summed E-state index contributed by atoms with van der Waals surface area (Å²) in [4.78, 5) is 27.4. The SMILES string of the molecule is CC[C@H](C)NC(=O)[C@H](C)N(Cc1ccccc1C)C(=O)Cc1c(F)cccc1Cl. The van der Waals surface area contributed by atoms with Crippen molar-refractivity contribution < 1.29 is 14.0 Å². The van der Waals surface area contributed by atoms with Crippen LogP contribution in [-0.2, 0) is 22.6 Å². The predicted octanol–water partition coefficient (Wildman–Crippen LogP) is 4.66. The molecule has 2 atom stereocenters. The Morgan fingerprint density at radius 2 is 1.83 bits per heavy atom. The zero-order valence-corrected chi connectivity index (χ0v) is 18.1. The average molecular weight is 419 g/mol. The van der Waals surface area contributed by atoms with Gasteiger partial charge in [0.2, 0.25) is 11.8 Å². The third kappa shape index (κ3) is 6.04. The van der Waals surface area contributed by atoms with Crippen LogP contribution in [0.25, 0.3) is 0 Å². The van der Waals surface area contributed by atoms with Gasteiger partial charge >= 0.3 is 0 Å². The second-order valence-corrected chi connectivity index (χ2v) is 7.73. The van der Waals surface area contributed by atoms with E-state index in [1.807, 2.05) is 45.0 Å². The van der Waals surface area contributed by atoms with E-state index in [9.17, 15) is 14.0 Å². The molecule has 0 unspecified atom stereocenters. The summed E-state index contributed by atoms with van der Waals surface area (Å²) < 4.78 is 14.2. The van der Waals surface area contributed by atoms with Crippen molar-refractivity contribution in [3.05, 3.63) is 70.0 Å². The van der Waals surface area contributed by atoms with Crippen LogP contribution in [0, 0.1) is 12.7 Å². The van der Waals surface area contributed by atoms with E-state index in [2.05, 4.69) is 5.32 Å². The lowest BCUT2D eigenvalue weighted by Gasteiger charge is -2.30. The van der Waals surface area contributed by atoms with E-state index in [1.54, 1.807) is 13.0 Å². The number of aryl methyl sites for hydroxylation is 1. The molecule has 0 bridgehead atoms. The highest BCUT2D eigenvalue weighted by molar-refractivity contribution is 6.31. The molecule has 0 radical (unpaired) electrons. The molecule has 156 valence electrons. The quantitative estimate of drug-likeness (QED) is 0.677. The van der Waals surface area contributed by atoms with Crippen molar-refractivity contribution in [1.29, 1.82) is 0 Å². The van der Waals surface area contributed by atoms with Gasteiger partial charge < -0.3 is 10.2 Å². The minimum Gasteiger partial charge on any atom is -0.352 e. The first-order chi connectivity index (χ1) is 13.7. The monoisotopic (exact) mass is 418 g/mol. The molecule has 0 aromatic heterocycles. The van der Waals surface area contributed by atoms with E-state index in [0.717, 1.165) is 17.5 Å². The molecule has 1 N–H and O–H groups in total. The molecule has 0 aliphatic carbocycles. The molecule has 6 heteroatoms. The molecule has 2 aromatic carbocycles. The Balaban J connectivity index is 2.31. The van der Waals surface area contributed by atoms with Gasteiger partial charge in [0, 0.05) is 23.2 Å². The van der Waals surface area contributed by atoms with E-state index in [-0.39, 0.29) is 41.4 Å². The molecular formula is C23H28ClFN2O2. The number of halogens is 2. The Bertz CT molecular complexity index is 851. The first kappa shape index (κ1) is 22.9. The van der Waals surface area contributed by atoms with Gasteiger partial charge in [0.15, 0.2) is 0 Å². The predicted molar refractivity (Wildman–Crippen MR) is 114 cm³/mol. The minimum absolute atomic E-state index is 0.00127. The molecule has 0 spiro atoms. The highest BCUT2D eigenvalue weighted by atomic mass is 35.5. The highest BCUT2D eigenvalue weighted by Gasteiger charge is 2.28. The van der Waals surface area contributed by atoms with Crippen LogP contribution in [0.15, 0.2) is 42.5 Å². The van der Waals surface area contributed by atoms with E-state index < -0.39 is 11.9 Å². The van der Waals surface area contributed by atoms with Gasteiger partial charge in [0.1, 0.15) is 11.9 Å². The summed E-state index contributed by atoms with van der Waals surface area (Å²) in [7, 11) is 0. The standard InChI is InChI=1S/C23H28ClFN2O2/c1-5-16(3)26-23(29)17(4)27(14-18-10-7-6-9-15(18)2)22(28)13-19-20(24)11-8-12-21(19)25/h6-12,16-17H,5,13-14H2,1-4H3,(H,26,29)/t16-,17-/m0/s1. The number of amides is 2. The lowest BCUT2D eigenvalue weighted by Crippen LogP contribution is -2.50. The van der Waals surface area contributed by atoms with E-state index in [1.165, 1.54) is 17.0 Å². The lowest BCUT2D eigenvalue weighted by molar-refractivity contribution is -0.140. The van der Waals surface area contributed by atoms with Crippen LogP contribution in [0.2, 0.25) is 5.02 Å². The van der Waals surface area contributed by atoms with Crippen molar-refractivity contribution >= 4 is 23.4 Å². The maximum absolute atomic E-state index is 14.2. The summed E-state index contributed by atoms with van der Waals surface area (Å²) >= 11 is 6.10. The van der Waals surface area contributed by atoms with E-state index in [0.29, 0.717) is 0 Å². The van der Waals surface area contributed by atoms with Crippen LogP contribution in [0.1, 0.15) is 43.9 Å². The first-order valence-corrected chi connectivity index (χ1v) is 10.2. The first-order valence-electron chi connectivity index (χ1n) is 9.81. The number of rotatable bonds is 8. The molecule has 0 heterocycles. The normalized spacial score (nSPS) is 12.9. The zero-order valence-electron chi connectivity index (χ0n) is 17.3. The second kappa shape index (κ2) is 10.4. The fraction of sp³-hybridized carbons (Fsp3) is 0.391. The molecule has 2 aromatic rings. The number of hydrogen-bond acceptors (Lipinski definition) is 2. The van der Waals surface area contributed by atoms with Crippen LogP contribution >= 0.6 is 11.6 Å². The van der Waals surface area contributed by atoms with Gasteiger partial charge in [-0.2, -0.15) is 0 Å². The van der Waals surface area contributed by atoms with Crippen molar-refractivity contribution in [2.24, 2.45) is 0 Å². The Hall–Kier alpha value is -2.40.